The summed E-state index contributed by atoms with van der Waals surface area (Å²) in [6, 6.07) is 2.38. The molecule has 0 radical (unpaired) electrons. The third kappa shape index (κ3) is 2.52. The zero-order valence-corrected chi connectivity index (χ0v) is 11.1. The van der Waals surface area contributed by atoms with Gasteiger partial charge in [-0.3, -0.25) is 0 Å². The van der Waals surface area contributed by atoms with Crippen LogP contribution < -0.4 is 15.8 Å². The first-order chi connectivity index (χ1) is 8.65. The second-order valence-corrected chi connectivity index (χ2v) is 5.49. The molecule has 1 fully saturated rings. The average Bonchev–Trinajstić information content (AvgIpc) is 2.68. The molecule has 1 heterocycles. The fourth-order valence-electron chi connectivity index (χ4n) is 2.22. The molecule has 18 heavy (non-hydrogen) atoms. The number of nitrogen functional groups attached to an aromatic ring is 1. The number of nitrogens with two attached hydrogens (primary N) is 1. The zero-order chi connectivity index (χ0) is 13.1. The number of aliphatic hydroxyl groups is 1. The quantitative estimate of drug-likeness (QED) is 0.778. The van der Waals surface area contributed by atoms with Gasteiger partial charge in [0.15, 0.2) is 5.75 Å². The number of nitriles is 1. The van der Waals surface area contributed by atoms with Crippen LogP contribution in [0.15, 0.2) is 0 Å². The first kappa shape index (κ1) is 13.0. The van der Waals surface area contributed by atoms with Crippen molar-refractivity contribution in [1.82, 2.24) is 0 Å². The Balaban J connectivity index is 2.12. The smallest absolute Gasteiger partial charge is 0.177 e. The minimum Gasteiger partial charge on any atom is -0.492 e. The van der Waals surface area contributed by atoms with Gasteiger partial charge in [0.1, 0.15) is 21.6 Å². The lowest BCUT2D eigenvalue weighted by atomic mass is 9.93. The predicted octanol–water partition coefficient (Wildman–Crippen LogP) is 1.93. The fraction of sp³-hybridized carbons (Fsp3) is 0.583. The minimum absolute atomic E-state index is 0.173. The van der Waals surface area contributed by atoms with E-state index < -0.39 is 0 Å². The average molecular weight is 267 g/mol. The maximum Gasteiger partial charge on any atom is 0.177 e. The van der Waals surface area contributed by atoms with Crippen LogP contribution in [-0.4, -0.2) is 24.4 Å². The van der Waals surface area contributed by atoms with Crippen molar-refractivity contribution in [3.8, 4) is 11.8 Å². The van der Waals surface area contributed by atoms with Crippen LogP contribution in [0.25, 0.3) is 0 Å². The van der Waals surface area contributed by atoms with Gasteiger partial charge in [-0.25, -0.2) is 0 Å². The van der Waals surface area contributed by atoms with Gasteiger partial charge >= 0.3 is 0 Å². The summed E-state index contributed by atoms with van der Waals surface area (Å²) in [5.74, 6) is 0.558. The van der Waals surface area contributed by atoms with Crippen LogP contribution in [0, 0.1) is 11.3 Å². The van der Waals surface area contributed by atoms with Gasteiger partial charge in [-0.2, -0.15) is 5.26 Å². The first-order valence-electron chi connectivity index (χ1n) is 5.96. The standard InChI is InChI=1S/C12H17N3O2S/c1-17-11-10(14)9(6-13)18-12(11)15-7-2-4-8(16)5-3-7/h7-8,15-16H,2-5,14H2,1H3. The molecule has 1 aliphatic rings. The summed E-state index contributed by atoms with van der Waals surface area (Å²) in [5, 5.41) is 22.6. The van der Waals surface area contributed by atoms with Crippen LogP contribution in [0.2, 0.25) is 0 Å². The summed E-state index contributed by atoms with van der Waals surface area (Å²) in [6.07, 6.45) is 3.29. The molecule has 0 spiro atoms. The number of nitrogens with zero attached hydrogens (tertiary/aromatic N) is 1. The molecule has 0 unspecified atom stereocenters. The molecule has 0 saturated heterocycles. The van der Waals surface area contributed by atoms with Crippen molar-refractivity contribution in [3.63, 3.8) is 0 Å². The van der Waals surface area contributed by atoms with E-state index in [1.807, 2.05) is 0 Å². The Morgan fingerprint density at radius 1 is 1.44 bits per heavy atom. The first-order valence-corrected chi connectivity index (χ1v) is 6.78. The summed E-state index contributed by atoms with van der Waals surface area (Å²) in [5.41, 5.74) is 6.24. The largest absolute Gasteiger partial charge is 0.492 e. The van der Waals surface area contributed by atoms with E-state index in [4.69, 9.17) is 15.7 Å². The second kappa shape index (κ2) is 5.46. The van der Waals surface area contributed by atoms with Crippen molar-refractivity contribution in [3.05, 3.63) is 4.88 Å². The Bertz CT molecular complexity index is 459. The highest BCUT2D eigenvalue weighted by Crippen LogP contribution is 2.43. The Kier molecular flexibility index (Phi) is 3.94. The van der Waals surface area contributed by atoms with Crippen molar-refractivity contribution in [2.75, 3.05) is 18.2 Å². The Morgan fingerprint density at radius 3 is 2.67 bits per heavy atom. The highest BCUT2D eigenvalue weighted by atomic mass is 32.1. The monoisotopic (exact) mass is 267 g/mol. The van der Waals surface area contributed by atoms with Gasteiger partial charge in [0.25, 0.3) is 0 Å². The van der Waals surface area contributed by atoms with Crippen LogP contribution in [0.1, 0.15) is 30.6 Å². The number of anilines is 2. The van der Waals surface area contributed by atoms with E-state index in [2.05, 4.69) is 11.4 Å². The Morgan fingerprint density at radius 2 is 2.11 bits per heavy atom. The van der Waals surface area contributed by atoms with Crippen molar-refractivity contribution in [2.24, 2.45) is 0 Å². The molecule has 0 atom stereocenters. The lowest BCUT2D eigenvalue weighted by molar-refractivity contribution is 0.126. The maximum absolute atomic E-state index is 9.47. The molecule has 2 rings (SSSR count). The van der Waals surface area contributed by atoms with Crippen LogP contribution >= 0.6 is 11.3 Å². The van der Waals surface area contributed by atoms with Gasteiger partial charge in [-0.1, -0.05) is 0 Å². The summed E-state index contributed by atoms with van der Waals surface area (Å²) in [7, 11) is 1.55. The number of hydrogen-bond acceptors (Lipinski definition) is 6. The molecule has 6 heteroatoms. The normalized spacial score (nSPS) is 23.4. The summed E-state index contributed by atoms with van der Waals surface area (Å²) in [6.45, 7) is 0. The van der Waals surface area contributed by atoms with Crippen LogP contribution in [0.5, 0.6) is 5.75 Å². The molecule has 1 aliphatic carbocycles. The number of rotatable bonds is 3. The number of aliphatic hydroxyl groups excluding tert-OH is 1. The second-order valence-electron chi connectivity index (χ2n) is 4.47. The van der Waals surface area contributed by atoms with Gasteiger partial charge in [0.05, 0.1) is 13.2 Å². The van der Waals surface area contributed by atoms with E-state index >= 15 is 0 Å². The van der Waals surface area contributed by atoms with E-state index in [9.17, 15) is 5.11 Å². The van der Waals surface area contributed by atoms with Crippen molar-refractivity contribution >= 4 is 22.0 Å². The lowest BCUT2D eigenvalue weighted by Gasteiger charge is -2.26. The fourth-order valence-corrected chi connectivity index (χ4v) is 3.18. The van der Waals surface area contributed by atoms with E-state index in [-0.39, 0.29) is 6.10 Å². The van der Waals surface area contributed by atoms with Gasteiger partial charge < -0.3 is 20.9 Å². The molecule has 0 aromatic carbocycles. The van der Waals surface area contributed by atoms with Crippen molar-refractivity contribution < 1.29 is 9.84 Å². The number of ether oxygens (including phenoxy) is 1. The highest BCUT2D eigenvalue weighted by Gasteiger charge is 2.23. The predicted molar refractivity (Wildman–Crippen MR) is 71.9 cm³/mol. The molecule has 0 amide bonds. The molecule has 1 aromatic heterocycles. The van der Waals surface area contributed by atoms with E-state index in [0.717, 1.165) is 30.7 Å². The summed E-state index contributed by atoms with van der Waals surface area (Å²) >= 11 is 1.32. The number of methoxy groups -OCH3 is 1. The lowest BCUT2D eigenvalue weighted by Crippen LogP contribution is -2.27. The van der Waals surface area contributed by atoms with Crippen LogP contribution in [0.3, 0.4) is 0 Å². The summed E-state index contributed by atoms with van der Waals surface area (Å²) in [4.78, 5) is 0.477. The number of thiophene rings is 1. The highest BCUT2D eigenvalue weighted by molar-refractivity contribution is 7.17. The molecule has 4 N–H and O–H groups in total. The summed E-state index contributed by atoms with van der Waals surface area (Å²) < 4.78 is 5.24. The van der Waals surface area contributed by atoms with Gasteiger partial charge in [0.2, 0.25) is 0 Å². The molecule has 1 aromatic rings. The SMILES string of the molecule is COc1c(NC2CCC(O)CC2)sc(C#N)c1N. The van der Waals surface area contributed by atoms with Crippen LogP contribution in [0.4, 0.5) is 10.7 Å². The minimum atomic E-state index is -0.173. The molecule has 0 aliphatic heterocycles. The van der Waals surface area contributed by atoms with Gasteiger partial charge in [0, 0.05) is 6.04 Å². The van der Waals surface area contributed by atoms with E-state index in [1.165, 1.54) is 11.3 Å². The van der Waals surface area contributed by atoms with Crippen molar-refractivity contribution in [1.29, 1.82) is 5.26 Å². The van der Waals surface area contributed by atoms with E-state index in [0.29, 0.717) is 22.4 Å². The molecule has 5 nitrogen and oxygen atoms in total. The molecule has 98 valence electrons. The molecular weight excluding hydrogens is 250 g/mol. The number of nitrogens with one attached hydrogen (secondary N) is 1. The van der Waals surface area contributed by atoms with Gasteiger partial charge in [-0.05, 0) is 25.7 Å². The van der Waals surface area contributed by atoms with E-state index in [1.54, 1.807) is 7.11 Å². The third-order valence-corrected chi connectivity index (χ3v) is 4.26. The topological polar surface area (TPSA) is 91.3 Å². The Hall–Kier alpha value is -1.45. The molecular formula is C12H17N3O2S. The maximum atomic E-state index is 9.47. The molecule has 1 saturated carbocycles. The van der Waals surface area contributed by atoms with Crippen molar-refractivity contribution in [2.45, 2.75) is 37.8 Å². The van der Waals surface area contributed by atoms with Gasteiger partial charge in [-0.15, -0.1) is 11.3 Å². The Labute approximate surface area is 110 Å². The number of hydrogen-bond donors (Lipinski definition) is 3. The molecule has 0 bridgehead atoms. The zero-order valence-electron chi connectivity index (χ0n) is 10.3. The third-order valence-electron chi connectivity index (χ3n) is 3.24. The van der Waals surface area contributed by atoms with Crippen LogP contribution in [-0.2, 0) is 0 Å².